The van der Waals surface area contributed by atoms with Crippen LogP contribution >= 0.6 is 0 Å². The van der Waals surface area contributed by atoms with Gasteiger partial charge >= 0.3 is 34.3 Å². The van der Waals surface area contributed by atoms with Crippen LogP contribution in [0.2, 0.25) is 4.87 Å². The second-order valence-electron chi connectivity index (χ2n) is 9.00. The number of aromatic nitrogens is 1. The molecule has 46 heavy (non-hydrogen) atoms. The number of pyridine rings is 1. The quantitative estimate of drug-likeness (QED) is 0.149. The molecule has 2 atom stereocenters. The van der Waals surface area contributed by atoms with Crippen LogP contribution in [0.4, 0.5) is 27.6 Å². The number of aliphatic hydroxyl groups excluding tert-OH is 1. The number of hydrogen-bond acceptors (Lipinski definition) is 6. The van der Waals surface area contributed by atoms with Crippen LogP contribution < -0.4 is 25.7 Å². The minimum absolute atomic E-state index is 0.0601. The Kier molecular flexibility index (Phi) is 19.5. The van der Waals surface area contributed by atoms with Gasteiger partial charge in [0.15, 0.2) is 0 Å². The average Bonchev–Trinajstić information content (AvgIpc) is 3.01. The molecule has 2 unspecified atom stereocenters. The van der Waals surface area contributed by atoms with Crippen molar-refractivity contribution in [3.8, 4) is 11.5 Å². The number of hydrogen-bond donors (Lipinski definition) is 2. The Bertz CT molecular complexity index is 1400. The first kappa shape index (κ1) is 42.4. The van der Waals surface area contributed by atoms with Gasteiger partial charge in [-0.25, -0.2) is 8.78 Å². The molecule has 9 nitrogen and oxygen atoms in total. The summed E-state index contributed by atoms with van der Waals surface area (Å²) in [4.78, 5) is 38.0. The number of nitrogens with two attached hydrogens (primary N) is 1. The van der Waals surface area contributed by atoms with E-state index in [1.165, 1.54) is 23.9 Å². The minimum atomic E-state index is -4.73. The zero-order valence-electron chi connectivity index (χ0n) is 26.3. The summed E-state index contributed by atoms with van der Waals surface area (Å²) in [6.07, 6.45) is -3.16. The zero-order valence-corrected chi connectivity index (χ0v) is 28.9. The second kappa shape index (κ2) is 21.2. The van der Waals surface area contributed by atoms with Gasteiger partial charge in [-0.2, -0.15) is 0 Å². The maximum absolute atomic E-state index is 14.5. The molecule has 0 aliphatic carbocycles. The van der Waals surface area contributed by atoms with Crippen molar-refractivity contribution in [1.82, 2.24) is 4.57 Å². The van der Waals surface area contributed by atoms with Crippen LogP contribution in [0.3, 0.4) is 0 Å². The van der Waals surface area contributed by atoms with E-state index in [0.717, 1.165) is 41.3 Å². The first-order valence-corrected chi connectivity index (χ1v) is 16.5. The van der Waals surface area contributed by atoms with Crippen LogP contribution in [0.25, 0.3) is 0 Å². The molecule has 2 radical (unpaired) electrons. The number of halogens is 5. The molecule has 0 bridgehead atoms. The number of nitrogens with zero attached hydrogens (tertiary/aromatic N) is 2. The number of primary amides is 1. The summed E-state index contributed by atoms with van der Waals surface area (Å²) >= 11 is 1.75. The van der Waals surface area contributed by atoms with E-state index < -0.39 is 41.5 Å². The van der Waals surface area contributed by atoms with Crippen molar-refractivity contribution in [2.45, 2.75) is 63.9 Å². The molecule has 3 aromatic rings. The number of benzene rings is 2. The molecule has 15 heteroatoms. The molecule has 0 fully saturated rings. The number of anilines is 1. The van der Waals surface area contributed by atoms with Crippen molar-refractivity contribution in [1.29, 1.82) is 0 Å². The van der Waals surface area contributed by atoms with Crippen molar-refractivity contribution in [2.75, 3.05) is 18.6 Å². The Morgan fingerprint density at radius 1 is 1.09 bits per heavy atom. The Balaban J connectivity index is 0.000000942. The van der Waals surface area contributed by atoms with E-state index in [4.69, 9.17) is 10.5 Å². The molecule has 1 heterocycles. The van der Waals surface area contributed by atoms with Gasteiger partial charge in [-0.3, -0.25) is 14.4 Å². The van der Waals surface area contributed by atoms with Gasteiger partial charge < -0.3 is 29.8 Å². The SMILES string of the molecule is CC.CCC(CN(C=O)c1cccn(CC(C)O)c1=O)c1c(F)cc(OC)cc1F.NC(=O)c1ccc(OC(F)(F)F)cc1.[CH3][Sb]. The van der Waals surface area contributed by atoms with E-state index in [1.54, 1.807) is 42.9 Å². The van der Waals surface area contributed by atoms with Crippen molar-refractivity contribution in [2.24, 2.45) is 5.73 Å². The third kappa shape index (κ3) is 13.8. The van der Waals surface area contributed by atoms with Crippen LogP contribution in [0.15, 0.2) is 59.5 Å². The topological polar surface area (TPSA) is 124 Å². The summed E-state index contributed by atoms with van der Waals surface area (Å²) in [5, 5.41) is 9.52. The fourth-order valence-corrected chi connectivity index (χ4v) is 3.92. The number of alkyl halides is 3. The number of carbonyl (C=O) groups is 2. The van der Waals surface area contributed by atoms with Gasteiger partial charge in [0.05, 0.1) is 19.8 Å². The number of carbonyl (C=O) groups excluding carboxylic acids is 2. The molecular weight excluding hydrogens is 727 g/mol. The van der Waals surface area contributed by atoms with Crippen LogP contribution in [0.5, 0.6) is 11.5 Å². The summed E-state index contributed by atoms with van der Waals surface area (Å²) in [7, 11) is 1.31. The molecule has 0 aliphatic heterocycles. The average molecular weight is 766 g/mol. The molecular formula is C31H39F5N3O6Sb. The number of ether oxygens (including phenoxy) is 2. The Morgan fingerprint density at radius 2 is 1.63 bits per heavy atom. The predicted octanol–water partition coefficient (Wildman–Crippen LogP) is 5.59. The third-order valence-corrected chi connectivity index (χ3v) is 5.88. The van der Waals surface area contributed by atoms with Crippen molar-refractivity contribution >= 4 is 41.0 Å². The number of aliphatic hydroxyl groups is 1. The monoisotopic (exact) mass is 765 g/mol. The molecule has 3 N–H and O–H groups in total. The van der Waals surface area contributed by atoms with E-state index in [0.29, 0.717) is 12.8 Å². The van der Waals surface area contributed by atoms with Gasteiger partial charge in [-0.15, -0.1) is 13.2 Å². The number of amides is 2. The Labute approximate surface area is 278 Å². The van der Waals surface area contributed by atoms with Crippen LogP contribution in [0.1, 0.15) is 56.0 Å². The van der Waals surface area contributed by atoms with E-state index in [2.05, 4.69) is 9.61 Å². The van der Waals surface area contributed by atoms with E-state index >= 15 is 0 Å². The first-order chi connectivity index (χ1) is 21.7. The molecule has 254 valence electrons. The molecule has 0 spiro atoms. The number of rotatable bonds is 11. The van der Waals surface area contributed by atoms with Crippen LogP contribution in [-0.2, 0) is 11.3 Å². The summed E-state index contributed by atoms with van der Waals surface area (Å²) in [5.74, 6) is -3.24. The van der Waals surface area contributed by atoms with E-state index in [9.17, 15) is 41.4 Å². The Hall–Kier alpha value is -3.64. The summed E-state index contributed by atoms with van der Waals surface area (Å²) in [5.41, 5.74) is 4.46. The normalized spacial score (nSPS) is 11.6. The van der Waals surface area contributed by atoms with Gasteiger partial charge in [0.2, 0.25) is 12.3 Å². The van der Waals surface area contributed by atoms with E-state index in [-0.39, 0.29) is 41.4 Å². The molecule has 1 aromatic heterocycles. The van der Waals surface area contributed by atoms with Crippen molar-refractivity contribution in [3.63, 3.8) is 0 Å². The van der Waals surface area contributed by atoms with Crippen molar-refractivity contribution in [3.05, 3.63) is 87.8 Å². The van der Waals surface area contributed by atoms with Crippen LogP contribution in [-0.4, -0.2) is 71.1 Å². The van der Waals surface area contributed by atoms with Gasteiger partial charge in [0.1, 0.15) is 28.8 Å². The second-order valence-corrected chi connectivity index (χ2v) is 9.00. The van der Waals surface area contributed by atoms with Crippen LogP contribution in [0, 0.1) is 11.6 Å². The predicted molar refractivity (Wildman–Crippen MR) is 166 cm³/mol. The zero-order chi connectivity index (χ0) is 35.6. The molecule has 3 rings (SSSR count). The van der Waals surface area contributed by atoms with Gasteiger partial charge in [0.25, 0.3) is 5.56 Å². The first-order valence-electron chi connectivity index (χ1n) is 13.9. The molecule has 2 aromatic carbocycles. The Morgan fingerprint density at radius 3 is 2.04 bits per heavy atom. The number of methoxy groups -OCH3 is 1. The third-order valence-electron chi connectivity index (χ3n) is 5.88. The van der Waals surface area contributed by atoms with Gasteiger partial charge in [-0.1, -0.05) is 20.8 Å². The standard InChI is InChI=1S/C20H24F2N2O4.C8H6F3NO2.C2H6.CH3.Sb/c1-4-14(19-16(21)8-15(28-3)9-17(19)22)11-24(12-25)18-6-5-7-23(20(18)27)10-13(2)26;9-8(10,11)14-6-3-1-5(2-4-6)7(12)13;1-2;;/h5-9,12-14,26H,4,10-11H2,1-3H3;1-4H,(H2,12,13);1-2H3;1H3;. The molecule has 0 aliphatic rings. The fourth-order valence-electron chi connectivity index (χ4n) is 3.92. The maximum atomic E-state index is 14.5. The fraction of sp³-hybridized carbons (Fsp3) is 0.387. The molecule has 0 saturated heterocycles. The summed E-state index contributed by atoms with van der Waals surface area (Å²) in [6.45, 7) is 7.28. The molecule has 0 saturated carbocycles. The summed E-state index contributed by atoms with van der Waals surface area (Å²) < 4.78 is 73.7. The molecule has 2 amide bonds. The van der Waals surface area contributed by atoms with Gasteiger partial charge in [-0.05, 0) is 49.7 Å². The van der Waals surface area contributed by atoms with Crippen molar-refractivity contribution < 1.29 is 46.1 Å². The van der Waals surface area contributed by atoms with E-state index in [1.807, 2.05) is 13.8 Å². The van der Waals surface area contributed by atoms with Gasteiger partial charge in [0, 0.05) is 41.9 Å². The summed E-state index contributed by atoms with van der Waals surface area (Å²) in [6, 6.07) is 9.57.